The third-order valence-corrected chi connectivity index (χ3v) is 7.64. The molecule has 0 amide bonds. The van der Waals surface area contributed by atoms with E-state index in [1.165, 1.54) is 4.31 Å². The summed E-state index contributed by atoms with van der Waals surface area (Å²) in [6.45, 7) is 0.754. The van der Waals surface area contributed by atoms with Crippen LogP contribution in [0.4, 0.5) is 0 Å². The normalized spacial score (nSPS) is 17.5. The number of hydrogen-bond donors (Lipinski definition) is 0. The number of aromatic nitrogens is 2. The molecule has 1 saturated heterocycles. The van der Waals surface area contributed by atoms with E-state index in [-0.39, 0.29) is 10.8 Å². The molecule has 0 bridgehead atoms. The number of halogens is 1. The van der Waals surface area contributed by atoms with Crippen molar-refractivity contribution in [3.05, 3.63) is 52.8 Å². The first-order valence-corrected chi connectivity index (χ1v) is 12.0. The van der Waals surface area contributed by atoms with Crippen molar-refractivity contribution >= 4 is 26.0 Å². The molecule has 1 fully saturated rings. The number of sulfonamides is 1. The molecule has 0 saturated carbocycles. The number of ether oxygens (including phenoxy) is 2. The Morgan fingerprint density at radius 1 is 1.10 bits per heavy atom. The van der Waals surface area contributed by atoms with Crippen LogP contribution in [0, 0.1) is 0 Å². The molecule has 3 aromatic rings. The molecule has 1 aliphatic heterocycles. The first kappa shape index (κ1) is 21.8. The van der Waals surface area contributed by atoms with Crippen LogP contribution in [0.3, 0.4) is 0 Å². The Balaban J connectivity index is 1.56. The summed E-state index contributed by atoms with van der Waals surface area (Å²) in [5, 5.41) is 4.10. The van der Waals surface area contributed by atoms with Gasteiger partial charge in [0.05, 0.1) is 25.0 Å². The largest absolute Gasteiger partial charge is 0.497 e. The standard InChI is InChI=1S/C21H22BrN3O5S/c1-28-17-10-15(11-18(12-17)29-2)20-23-21(30-24-20)14-4-3-9-25(13-14)31(26,27)19-7-5-16(22)6-8-19/h5-8,10-12,14H,3-4,9,13H2,1-2H3/t14-/m1/s1. The molecule has 1 aromatic heterocycles. The fourth-order valence-corrected chi connectivity index (χ4v) is 5.36. The molecular formula is C21H22BrN3O5S. The van der Waals surface area contributed by atoms with Gasteiger partial charge in [-0.1, -0.05) is 21.1 Å². The summed E-state index contributed by atoms with van der Waals surface area (Å²) in [7, 11) is -0.449. The van der Waals surface area contributed by atoms with E-state index in [0.29, 0.717) is 48.3 Å². The van der Waals surface area contributed by atoms with E-state index in [0.717, 1.165) is 10.9 Å². The van der Waals surface area contributed by atoms with Crippen molar-refractivity contribution in [3.63, 3.8) is 0 Å². The van der Waals surface area contributed by atoms with Gasteiger partial charge < -0.3 is 14.0 Å². The summed E-state index contributed by atoms with van der Waals surface area (Å²) in [6, 6.07) is 12.0. The zero-order chi connectivity index (χ0) is 22.0. The topological polar surface area (TPSA) is 94.8 Å². The Kier molecular flexibility index (Phi) is 6.31. The van der Waals surface area contributed by atoms with E-state index in [4.69, 9.17) is 14.0 Å². The van der Waals surface area contributed by atoms with Gasteiger partial charge >= 0.3 is 0 Å². The molecule has 0 spiro atoms. The average Bonchev–Trinajstić information content (AvgIpc) is 3.29. The van der Waals surface area contributed by atoms with Gasteiger partial charge in [0.2, 0.25) is 21.7 Å². The monoisotopic (exact) mass is 507 g/mol. The van der Waals surface area contributed by atoms with Crippen molar-refractivity contribution in [2.75, 3.05) is 27.3 Å². The van der Waals surface area contributed by atoms with Crippen LogP contribution >= 0.6 is 15.9 Å². The Bertz CT molecular complexity index is 1140. The predicted octanol–water partition coefficient (Wildman–Crippen LogP) is 4.08. The molecule has 1 aliphatic rings. The SMILES string of the molecule is COc1cc(OC)cc(-c2noc([C@@H]3CCCN(S(=O)(=O)c4ccc(Br)cc4)C3)n2)c1. The molecule has 0 unspecified atom stereocenters. The van der Waals surface area contributed by atoms with Gasteiger partial charge in [0.1, 0.15) is 11.5 Å². The van der Waals surface area contributed by atoms with Crippen molar-refractivity contribution in [1.29, 1.82) is 0 Å². The molecule has 2 aromatic carbocycles. The lowest BCUT2D eigenvalue weighted by molar-refractivity contribution is 0.265. The van der Waals surface area contributed by atoms with Crippen molar-refractivity contribution in [2.45, 2.75) is 23.7 Å². The maximum atomic E-state index is 13.1. The van der Waals surface area contributed by atoms with Crippen molar-refractivity contribution in [3.8, 4) is 22.9 Å². The van der Waals surface area contributed by atoms with Crippen LogP contribution < -0.4 is 9.47 Å². The van der Waals surface area contributed by atoms with Gasteiger partial charge in [0.25, 0.3) is 0 Å². The minimum Gasteiger partial charge on any atom is -0.497 e. The average molecular weight is 508 g/mol. The molecule has 8 nitrogen and oxygen atoms in total. The highest BCUT2D eigenvalue weighted by atomic mass is 79.9. The van der Waals surface area contributed by atoms with Crippen LogP contribution in [0.25, 0.3) is 11.4 Å². The van der Waals surface area contributed by atoms with Crippen LogP contribution in [0.5, 0.6) is 11.5 Å². The second-order valence-electron chi connectivity index (χ2n) is 7.21. The molecule has 2 heterocycles. The number of hydrogen-bond acceptors (Lipinski definition) is 7. The Labute approximate surface area is 189 Å². The van der Waals surface area contributed by atoms with Gasteiger partial charge in [-0.2, -0.15) is 9.29 Å². The molecular weight excluding hydrogens is 486 g/mol. The van der Waals surface area contributed by atoms with Crippen LogP contribution in [0.1, 0.15) is 24.7 Å². The lowest BCUT2D eigenvalue weighted by Crippen LogP contribution is -2.39. The second kappa shape index (κ2) is 8.97. The molecule has 0 radical (unpaired) electrons. The molecule has 4 rings (SSSR count). The highest BCUT2D eigenvalue weighted by Crippen LogP contribution is 2.32. The van der Waals surface area contributed by atoms with Gasteiger partial charge in [-0.25, -0.2) is 8.42 Å². The van der Waals surface area contributed by atoms with Crippen LogP contribution in [-0.2, 0) is 10.0 Å². The van der Waals surface area contributed by atoms with Gasteiger partial charge in [0, 0.05) is 29.2 Å². The second-order valence-corrected chi connectivity index (χ2v) is 10.1. The van der Waals surface area contributed by atoms with Gasteiger partial charge in [-0.3, -0.25) is 0 Å². The van der Waals surface area contributed by atoms with E-state index in [1.807, 2.05) is 0 Å². The number of nitrogens with zero attached hydrogens (tertiary/aromatic N) is 3. The van der Waals surface area contributed by atoms with Gasteiger partial charge in [-0.05, 0) is 49.2 Å². The summed E-state index contributed by atoms with van der Waals surface area (Å²) >= 11 is 3.34. The summed E-state index contributed by atoms with van der Waals surface area (Å²) in [4.78, 5) is 4.81. The summed E-state index contributed by atoms with van der Waals surface area (Å²) in [5.41, 5.74) is 0.696. The van der Waals surface area contributed by atoms with Crippen LogP contribution in [0.15, 0.2) is 56.4 Å². The molecule has 0 N–H and O–H groups in total. The summed E-state index contributed by atoms with van der Waals surface area (Å²) in [5.74, 6) is 1.88. The highest BCUT2D eigenvalue weighted by Gasteiger charge is 2.33. The molecule has 0 aliphatic carbocycles. The van der Waals surface area contributed by atoms with E-state index in [1.54, 1.807) is 56.7 Å². The molecule has 10 heteroatoms. The van der Waals surface area contributed by atoms with Crippen molar-refractivity contribution in [2.24, 2.45) is 0 Å². The van der Waals surface area contributed by atoms with Crippen molar-refractivity contribution < 1.29 is 22.4 Å². The smallest absolute Gasteiger partial charge is 0.243 e. The minimum absolute atomic E-state index is 0.173. The summed E-state index contributed by atoms with van der Waals surface area (Å²) < 4.78 is 44.6. The Morgan fingerprint density at radius 3 is 2.42 bits per heavy atom. The van der Waals surface area contributed by atoms with E-state index in [2.05, 4.69) is 26.1 Å². The maximum Gasteiger partial charge on any atom is 0.243 e. The van der Waals surface area contributed by atoms with Crippen LogP contribution in [-0.4, -0.2) is 50.2 Å². The van der Waals surface area contributed by atoms with E-state index >= 15 is 0 Å². The quantitative estimate of drug-likeness (QED) is 0.495. The van der Waals surface area contributed by atoms with Gasteiger partial charge in [0.15, 0.2) is 0 Å². The van der Waals surface area contributed by atoms with E-state index in [9.17, 15) is 8.42 Å². The third-order valence-electron chi connectivity index (χ3n) is 5.24. The highest BCUT2D eigenvalue weighted by molar-refractivity contribution is 9.10. The Hall–Kier alpha value is -2.43. The van der Waals surface area contributed by atoms with E-state index < -0.39 is 10.0 Å². The molecule has 31 heavy (non-hydrogen) atoms. The number of piperidine rings is 1. The number of rotatable bonds is 6. The molecule has 1 atom stereocenters. The van der Waals surface area contributed by atoms with Crippen LogP contribution in [0.2, 0.25) is 0 Å². The third kappa shape index (κ3) is 4.60. The number of benzene rings is 2. The zero-order valence-corrected chi connectivity index (χ0v) is 19.5. The van der Waals surface area contributed by atoms with Gasteiger partial charge in [-0.15, -0.1) is 0 Å². The lowest BCUT2D eigenvalue weighted by Gasteiger charge is -2.30. The number of methoxy groups -OCH3 is 2. The Morgan fingerprint density at radius 2 is 1.77 bits per heavy atom. The van der Waals surface area contributed by atoms with Crippen molar-refractivity contribution in [1.82, 2.24) is 14.4 Å². The minimum atomic E-state index is -3.59. The summed E-state index contributed by atoms with van der Waals surface area (Å²) in [6.07, 6.45) is 1.49. The lowest BCUT2D eigenvalue weighted by atomic mass is 10.00. The fourth-order valence-electron chi connectivity index (χ4n) is 3.57. The zero-order valence-electron chi connectivity index (χ0n) is 17.1. The predicted molar refractivity (Wildman–Crippen MR) is 118 cm³/mol. The first-order chi connectivity index (χ1) is 14.9. The molecule has 164 valence electrons. The fraction of sp³-hybridized carbons (Fsp3) is 0.333. The first-order valence-electron chi connectivity index (χ1n) is 9.73. The maximum absolute atomic E-state index is 13.1.